The van der Waals surface area contributed by atoms with E-state index in [1.807, 2.05) is 23.9 Å². The number of pyridine rings is 1. The highest BCUT2D eigenvalue weighted by Gasteiger charge is 2.47. The van der Waals surface area contributed by atoms with Crippen LogP contribution in [-0.4, -0.2) is 79.7 Å². The van der Waals surface area contributed by atoms with Gasteiger partial charge in [0.25, 0.3) is 5.91 Å². The number of hydrogen-bond donors (Lipinski definition) is 2. The van der Waals surface area contributed by atoms with E-state index in [2.05, 4.69) is 15.3 Å². The number of piperazine rings is 1. The fourth-order valence-electron chi connectivity index (χ4n) is 6.02. The molecule has 5 heterocycles. The predicted octanol–water partition coefficient (Wildman–Crippen LogP) is 3.61. The molecule has 9 nitrogen and oxygen atoms in total. The third-order valence-corrected chi connectivity index (χ3v) is 8.77. The van der Waals surface area contributed by atoms with Gasteiger partial charge in [0.05, 0.1) is 27.0 Å². The van der Waals surface area contributed by atoms with E-state index in [0.717, 1.165) is 11.3 Å². The van der Waals surface area contributed by atoms with Crippen LogP contribution in [0.1, 0.15) is 0 Å². The van der Waals surface area contributed by atoms with Crippen molar-refractivity contribution >= 4 is 66.5 Å². The summed E-state index contributed by atoms with van der Waals surface area (Å²) in [6.45, 7) is 2.24. The minimum Gasteiger partial charge on any atom is -0.474 e. The zero-order chi connectivity index (χ0) is 28.0. The largest absolute Gasteiger partial charge is 0.474 e. The van der Waals surface area contributed by atoms with Gasteiger partial charge in [-0.2, -0.15) is 0 Å². The molecule has 0 bridgehead atoms. The number of fused-ring (bicyclic) bond motifs is 5. The molecule has 7 rings (SSSR count). The number of nitrogens with zero attached hydrogens (tertiary/aromatic N) is 5. The Morgan fingerprint density at radius 2 is 1.98 bits per heavy atom. The van der Waals surface area contributed by atoms with Crippen molar-refractivity contribution in [3.8, 4) is 17.0 Å². The Balaban J connectivity index is 1.53. The van der Waals surface area contributed by atoms with E-state index in [0.29, 0.717) is 49.0 Å². The SMILES string of the molecule is CN(C)C[C@H]1COc2nc3c(F)c(-c4c(F)cc(F)c5sc(N)nc45)c(Cl)cc3c3c2N1C(=O)[C@H]1CNCCN31. The van der Waals surface area contributed by atoms with Crippen molar-refractivity contribution in [3.63, 3.8) is 0 Å². The monoisotopic (exact) mass is 589 g/mol. The number of amides is 1. The Morgan fingerprint density at radius 3 is 2.75 bits per heavy atom. The van der Waals surface area contributed by atoms with Gasteiger partial charge >= 0.3 is 0 Å². The first-order valence-electron chi connectivity index (χ1n) is 12.6. The first-order valence-corrected chi connectivity index (χ1v) is 13.8. The Labute approximate surface area is 235 Å². The van der Waals surface area contributed by atoms with Crippen LogP contribution in [0.15, 0.2) is 12.1 Å². The van der Waals surface area contributed by atoms with Gasteiger partial charge in [0.1, 0.15) is 35.5 Å². The number of thiazole rings is 1. The van der Waals surface area contributed by atoms with Crippen LogP contribution in [0.2, 0.25) is 5.02 Å². The van der Waals surface area contributed by atoms with E-state index in [1.165, 1.54) is 6.07 Å². The van der Waals surface area contributed by atoms with Crippen LogP contribution in [0.3, 0.4) is 0 Å². The fraction of sp³-hybridized carbons (Fsp3) is 0.346. The molecule has 0 aliphatic carbocycles. The highest BCUT2D eigenvalue weighted by atomic mass is 35.5. The number of halogens is 4. The molecule has 0 saturated carbocycles. The number of hydrogen-bond acceptors (Lipinski definition) is 9. The summed E-state index contributed by atoms with van der Waals surface area (Å²) < 4.78 is 52.4. The van der Waals surface area contributed by atoms with Crippen molar-refractivity contribution in [2.75, 3.05) is 62.4 Å². The van der Waals surface area contributed by atoms with Crippen molar-refractivity contribution in [1.82, 2.24) is 20.2 Å². The van der Waals surface area contributed by atoms with E-state index in [1.54, 1.807) is 4.90 Å². The lowest BCUT2D eigenvalue weighted by molar-refractivity contribution is -0.121. The molecular weight excluding hydrogens is 567 g/mol. The van der Waals surface area contributed by atoms with E-state index >= 15 is 8.78 Å². The molecule has 1 saturated heterocycles. The summed E-state index contributed by atoms with van der Waals surface area (Å²) in [5, 5.41) is 3.53. The van der Waals surface area contributed by atoms with Crippen molar-refractivity contribution < 1.29 is 22.7 Å². The van der Waals surface area contributed by atoms with Gasteiger partial charge in [-0.3, -0.25) is 9.69 Å². The number of nitrogens with two attached hydrogens (primary N) is 1. The second-order valence-electron chi connectivity index (χ2n) is 10.4. The summed E-state index contributed by atoms with van der Waals surface area (Å²) in [5.41, 5.74) is 6.02. The molecule has 3 aliphatic heterocycles. The number of nitrogen functional groups attached to an aromatic ring is 1. The van der Waals surface area contributed by atoms with E-state index < -0.39 is 23.5 Å². The average molecular weight is 590 g/mol. The third kappa shape index (κ3) is 3.57. The summed E-state index contributed by atoms with van der Waals surface area (Å²) in [5.74, 6) is -2.77. The van der Waals surface area contributed by atoms with Crippen LogP contribution >= 0.6 is 22.9 Å². The predicted molar refractivity (Wildman–Crippen MR) is 149 cm³/mol. The van der Waals surface area contributed by atoms with Crippen LogP contribution in [0.25, 0.3) is 32.2 Å². The summed E-state index contributed by atoms with van der Waals surface area (Å²) in [7, 11) is 3.83. The number of carbonyl (C=O) groups is 1. The Morgan fingerprint density at radius 1 is 1.18 bits per heavy atom. The summed E-state index contributed by atoms with van der Waals surface area (Å²) in [6, 6.07) is 1.39. The molecule has 208 valence electrons. The number of benzene rings is 2. The average Bonchev–Trinajstić information content (AvgIpc) is 3.30. The third-order valence-electron chi connectivity index (χ3n) is 7.57. The van der Waals surface area contributed by atoms with Gasteiger partial charge in [-0.15, -0.1) is 0 Å². The number of rotatable bonds is 3. The molecule has 2 aromatic heterocycles. The molecule has 2 atom stereocenters. The summed E-state index contributed by atoms with van der Waals surface area (Å²) in [4.78, 5) is 28.0. The van der Waals surface area contributed by atoms with Crippen LogP contribution in [-0.2, 0) is 4.79 Å². The van der Waals surface area contributed by atoms with Crippen molar-refractivity contribution in [2.45, 2.75) is 12.1 Å². The van der Waals surface area contributed by atoms with Gasteiger partial charge in [-0.05, 0) is 20.2 Å². The number of likely N-dealkylation sites (N-methyl/N-ethyl adjacent to an activating group) is 1. The van der Waals surface area contributed by atoms with Crippen LogP contribution in [0.5, 0.6) is 5.88 Å². The number of nitrogens with one attached hydrogen (secondary N) is 1. The maximum absolute atomic E-state index is 16.5. The Kier molecular flexibility index (Phi) is 5.79. The van der Waals surface area contributed by atoms with Gasteiger partial charge in [-0.25, -0.2) is 23.1 Å². The molecule has 0 unspecified atom stereocenters. The van der Waals surface area contributed by atoms with Gasteiger partial charge in [0.2, 0.25) is 5.88 Å². The molecule has 0 radical (unpaired) electrons. The quantitative estimate of drug-likeness (QED) is 0.374. The lowest BCUT2D eigenvalue weighted by Crippen LogP contribution is -2.66. The molecule has 2 aromatic carbocycles. The lowest BCUT2D eigenvalue weighted by Gasteiger charge is -2.50. The van der Waals surface area contributed by atoms with Crippen molar-refractivity contribution in [2.24, 2.45) is 0 Å². The first-order chi connectivity index (χ1) is 19.2. The minimum atomic E-state index is -1.03. The second-order valence-corrected chi connectivity index (χ2v) is 11.8. The number of carbonyl (C=O) groups excluding carboxylic acids is 1. The van der Waals surface area contributed by atoms with Gasteiger partial charge in [-0.1, -0.05) is 22.9 Å². The minimum absolute atomic E-state index is 0.00452. The highest BCUT2D eigenvalue weighted by molar-refractivity contribution is 7.22. The molecule has 1 fully saturated rings. The molecule has 3 aliphatic rings. The first kappa shape index (κ1) is 25.6. The zero-order valence-corrected chi connectivity index (χ0v) is 23.0. The molecular formula is C26H23ClF3N7O2S. The highest BCUT2D eigenvalue weighted by Crippen LogP contribution is 2.52. The normalized spacial score (nSPS) is 20.3. The van der Waals surface area contributed by atoms with E-state index in [9.17, 15) is 9.18 Å². The van der Waals surface area contributed by atoms with Crippen LogP contribution in [0, 0.1) is 17.5 Å². The summed E-state index contributed by atoms with van der Waals surface area (Å²) >= 11 is 7.53. The Hall–Kier alpha value is -3.39. The molecule has 3 N–H and O–H groups in total. The molecule has 14 heteroatoms. The summed E-state index contributed by atoms with van der Waals surface area (Å²) in [6.07, 6.45) is 0. The number of aromatic nitrogens is 2. The van der Waals surface area contributed by atoms with E-state index in [-0.39, 0.29) is 61.5 Å². The maximum atomic E-state index is 16.5. The van der Waals surface area contributed by atoms with Gasteiger partial charge in [0, 0.05) is 48.8 Å². The smallest absolute Gasteiger partial charge is 0.251 e. The maximum Gasteiger partial charge on any atom is 0.251 e. The van der Waals surface area contributed by atoms with Gasteiger partial charge in [0.15, 0.2) is 10.9 Å². The van der Waals surface area contributed by atoms with Crippen LogP contribution in [0.4, 0.5) is 29.7 Å². The second kappa shape index (κ2) is 9.06. The lowest BCUT2D eigenvalue weighted by atomic mass is 9.95. The standard InChI is InChI=1S/C26H23ClF3N7O2S/c1-35(2)8-10-9-39-24-22-21(36-4-3-32-7-15(36)25(38)37(10)22)11-5-12(27)16(18(30)19(11)33-24)17-13(28)6-14(29)23-20(17)34-26(31)40-23/h5-6,10,15,32H,3-4,7-9H2,1-2H3,(H2,31,34)/t10-,15+/m0/s1. The Bertz CT molecular complexity index is 1750. The van der Waals surface area contributed by atoms with Gasteiger partial charge < -0.3 is 25.6 Å². The van der Waals surface area contributed by atoms with Crippen LogP contribution < -0.4 is 25.6 Å². The van der Waals surface area contributed by atoms with Crippen molar-refractivity contribution in [1.29, 1.82) is 0 Å². The molecule has 40 heavy (non-hydrogen) atoms. The number of anilines is 3. The molecule has 4 aromatic rings. The topological polar surface area (TPSA) is 99.8 Å². The molecule has 1 amide bonds. The number of ether oxygens (including phenoxy) is 1. The van der Waals surface area contributed by atoms with E-state index in [4.69, 9.17) is 22.1 Å². The zero-order valence-electron chi connectivity index (χ0n) is 21.4. The fourth-order valence-corrected chi connectivity index (χ4v) is 7.05. The van der Waals surface area contributed by atoms with Crippen molar-refractivity contribution in [3.05, 3.63) is 34.6 Å². The molecule has 0 spiro atoms.